The molecule has 0 spiro atoms. The van der Waals surface area contributed by atoms with Crippen LogP contribution in [0.15, 0.2) is 42.2 Å². The van der Waals surface area contributed by atoms with Crippen molar-refractivity contribution >= 4 is 16.5 Å². The minimum Gasteiger partial charge on any atom is -0.504 e. The first-order chi connectivity index (χ1) is 10.7. The first-order valence-corrected chi connectivity index (χ1v) is 7.62. The molecule has 1 aliphatic heterocycles. The fraction of sp³-hybridized carbons (Fsp3) is 0.333. The van der Waals surface area contributed by atoms with Crippen LogP contribution in [0.5, 0.6) is 0 Å². The zero-order chi connectivity index (χ0) is 15.3. The molecule has 3 unspecified atom stereocenters. The Morgan fingerprint density at radius 1 is 1.23 bits per heavy atom. The van der Waals surface area contributed by atoms with E-state index in [0.29, 0.717) is 24.4 Å². The van der Waals surface area contributed by atoms with Gasteiger partial charge in [0, 0.05) is 24.2 Å². The van der Waals surface area contributed by atoms with E-state index >= 15 is 0 Å². The topological polar surface area (TPSA) is 58.9 Å². The molecule has 0 bridgehead atoms. The highest BCUT2D eigenvalue weighted by atomic mass is 16.7. The van der Waals surface area contributed by atoms with Crippen molar-refractivity contribution in [2.75, 3.05) is 6.61 Å². The molecule has 1 fully saturated rings. The molecule has 1 aliphatic carbocycles. The Morgan fingerprint density at radius 3 is 2.86 bits per heavy atom. The number of ether oxygens (including phenoxy) is 2. The van der Waals surface area contributed by atoms with Gasteiger partial charge < -0.3 is 19.7 Å². The zero-order valence-electron chi connectivity index (χ0n) is 12.3. The van der Waals surface area contributed by atoms with Crippen LogP contribution in [0.25, 0.3) is 16.5 Å². The van der Waals surface area contributed by atoms with E-state index in [1.54, 1.807) is 0 Å². The third-order valence-electron chi connectivity index (χ3n) is 4.53. The normalized spacial score (nSPS) is 26.7. The lowest BCUT2D eigenvalue weighted by Gasteiger charge is -2.27. The van der Waals surface area contributed by atoms with Gasteiger partial charge in [0.05, 0.1) is 12.0 Å². The Balaban J connectivity index is 1.88. The maximum atomic E-state index is 10.9. The van der Waals surface area contributed by atoms with Crippen molar-refractivity contribution in [1.82, 2.24) is 0 Å². The van der Waals surface area contributed by atoms with Crippen LogP contribution in [0, 0.1) is 5.92 Å². The fourth-order valence-electron chi connectivity index (χ4n) is 3.54. The van der Waals surface area contributed by atoms with Gasteiger partial charge in [0.2, 0.25) is 0 Å². The largest absolute Gasteiger partial charge is 0.504 e. The third-order valence-corrected chi connectivity index (χ3v) is 4.53. The first-order valence-electron chi connectivity index (χ1n) is 7.62. The molecule has 0 radical (unpaired) electrons. The Hall–Kier alpha value is -2.04. The van der Waals surface area contributed by atoms with E-state index in [-0.39, 0.29) is 11.7 Å². The zero-order valence-corrected chi connectivity index (χ0v) is 12.3. The molecule has 2 aromatic rings. The van der Waals surface area contributed by atoms with Gasteiger partial charge in [0.1, 0.15) is 5.76 Å². The Morgan fingerprint density at radius 2 is 2.05 bits per heavy atom. The molecule has 3 atom stereocenters. The van der Waals surface area contributed by atoms with Crippen molar-refractivity contribution in [2.45, 2.75) is 25.7 Å². The highest BCUT2D eigenvalue weighted by Gasteiger charge is 2.44. The Bertz CT molecular complexity index is 765. The standard InChI is InChI=1S/C18H18O4/c1-2-21-14-9-13-16(19)15-11-6-4-3-5-10(11)7-8-12(15)17(20)18(13)22-14/h3-8,13-14,16,19-20H,2,9H2,1H3. The summed E-state index contributed by atoms with van der Waals surface area (Å²) < 4.78 is 11.2. The van der Waals surface area contributed by atoms with E-state index < -0.39 is 12.4 Å². The number of hydrogen-bond acceptors (Lipinski definition) is 4. The fourth-order valence-corrected chi connectivity index (χ4v) is 3.54. The highest BCUT2D eigenvalue weighted by molar-refractivity contribution is 5.91. The van der Waals surface area contributed by atoms with Gasteiger partial charge in [0.15, 0.2) is 12.0 Å². The van der Waals surface area contributed by atoms with Gasteiger partial charge in [-0.05, 0) is 17.7 Å². The molecule has 4 heteroatoms. The molecule has 1 saturated heterocycles. The molecule has 0 amide bonds. The maximum Gasteiger partial charge on any atom is 0.200 e. The average Bonchev–Trinajstić information content (AvgIpc) is 2.96. The number of rotatable bonds is 2. The van der Waals surface area contributed by atoms with Crippen LogP contribution < -0.4 is 0 Å². The summed E-state index contributed by atoms with van der Waals surface area (Å²) in [6.07, 6.45) is -0.545. The minimum absolute atomic E-state index is 0.123. The van der Waals surface area contributed by atoms with Crippen molar-refractivity contribution in [3.05, 3.63) is 53.3 Å². The van der Waals surface area contributed by atoms with E-state index in [2.05, 4.69) is 0 Å². The molecule has 0 aromatic heterocycles. The molecule has 114 valence electrons. The number of benzene rings is 2. The number of aliphatic hydroxyl groups excluding tert-OH is 2. The second-order valence-electron chi connectivity index (χ2n) is 5.75. The van der Waals surface area contributed by atoms with E-state index in [0.717, 1.165) is 16.3 Å². The van der Waals surface area contributed by atoms with Gasteiger partial charge in [-0.1, -0.05) is 36.4 Å². The predicted octanol–water partition coefficient (Wildman–Crippen LogP) is 3.51. The predicted molar refractivity (Wildman–Crippen MR) is 83.1 cm³/mol. The molecule has 2 N–H and O–H groups in total. The van der Waals surface area contributed by atoms with Crippen molar-refractivity contribution in [3.63, 3.8) is 0 Å². The second kappa shape index (κ2) is 5.00. The Labute approximate surface area is 128 Å². The van der Waals surface area contributed by atoms with Gasteiger partial charge in [-0.3, -0.25) is 0 Å². The summed E-state index contributed by atoms with van der Waals surface area (Å²) in [7, 11) is 0. The monoisotopic (exact) mass is 298 g/mol. The summed E-state index contributed by atoms with van der Waals surface area (Å²) in [6.45, 7) is 2.44. The molecule has 2 aromatic carbocycles. The van der Waals surface area contributed by atoms with Crippen LogP contribution >= 0.6 is 0 Å². The van der Waals surface area contributed by atoms with Crippen molar-refractivity contribution < 1.29 is 19.7 Å². The van der Waals surface area contributed by atoms with E-state index in [4.69, 9.17) is 9.47 Å². The van der Waals surface area contributed by atoms with Crippen LogP contribution in [-0.4, -0.2) is 23.1 Å². The van der Waals surface area contributed by atoms with Crippen LogP contribution in [0.3, 0.4) is 0 Å². The highest BCUT2D eigenvalue weighted by Crippen LogP contribution is 2.49. The van der Waals surface area contributed by atoms with Gasteiger partial charge in [-0.25, -0.2) is 0 Å². The summed E-state index contributed by atoms with van der Waals surface area (Å²) in [6, 6.07) is 11.7. The molecule has 4 nitrogen and oxygen atoms in total. The number of hydrogen-bond donors (Lipinski definition) is 2. The van der Waals surface area contributed by atoms with E-state index in [9.17, 15) is 10.2 Å². The average molecular weight is 298 g/mol. The molecular formula is C18H18O4. The van der Waals surface area contributed by atoms with Gasteiger partial charge in [0.25, 0.3) is 0 Å². The molecule has 1 heterocycles. The van der Waals surface area contributed by atoms with Gasteiger partial charge in [-0.15, -0.1) is 0 Å². The van der Waals surface area contributed by atoms with Gasteiger partial charge in [-0.2, -0.15) is 0 Å². The first kappa shape index (κ1) is 13.6. The van der Waals surface area contributed by atoms with Crippen molar-refractivity contribution in [1.29, 1.82) is 0 Å². The lowest BCUT2D eigenvalue weighted by molar-refractivity contribution is -0.0891. The third kappa shape index (κ3) is 1.84. The van der Waals surface area contributed by atoms with E-state index in [1.807, 2.05) is 43.3 Å². The van der Waals surface area contributed by atoms with Gasteiger partial charge >= 0.3 is 0 Å². The summed E-state index contributed by atoms with van der Waals surface area (Å²) >= 11 is 0. The number of fused-ring (bicyclic) bond motifs is 4. The van der Waals surface area contributed by atoms with E-state index in [1.165, 1.54) is 0 Å². The lowest BCUT2D eigenvalue weighted by atomic mass is 9.81. The molecular weight excluding hydrogens is 280 g/mol. The molecule has 2 aliphatic rings. The van der Waals surface area contributed by atoms with Crippen molar-refractivity contribution in [3.8, 4) is 0 Å². The Kier molecular flexibility index (Phi) is 3.10. The smallest absolute Gasteiger partial charge is 0.200 e. The molecule has 0 saturated carbocycles. The maximum absolute atomic E-state index is 10.9. The number of aliphatic hydroxyl groups is 2. The SMILES string of the molecule is CCOC1CC2C(=C(O)c3ccc4ccccc4c3C2O)O1. The summed E-state index contributed by atoms with van der Waals surface area (Å²) in [5, 5.41) is 23.5. The van der Waals surface area contributed by atoms with Crippen LogP contribution in [0.4, 0.5) is 0 Å². The minimum atomic E-state index is -0.697. The summed E-state index contributed by atoms with van der Waals surface area (Å²) in [5.41, 5.74) is 1.43. The van der Waals surface area contributed by atoms with Crippen LogP contribution in [-0.2, 0) is 9.47 Å². The summed E-state index contributed by atoms with van der Waals surface area (Å²) in [5.74, 6) is 0.321. The van der Waals surface area contributed by atoms with Crippen LogP contribution in [0.1, 0.15) is 30.6 Å². The van der Waals surface area contributed by atoms with Crippen LogP contribution in [0.2, 0.25) is 0 Å². The quantitative estimate of drug-likeness (QED) is 0.890. The second-order valence-corrected chi connectivity index (χ2v) is 5.75. The lowest BCUT2D eigenvalue weighted by Crippen LogP contribution is -2.19. The van der Waals surface area contributed by atoms with Crippen molar-refractivity contribution in [2.24, 2.45) is 5.92 Å². The summed E-state index contributed by atoms with van der Waals surface area (Å²) in [4.78, 5) is 0. The molecule has 22 heavy (non-hydrogen) atoms. The molecule has 4 rings (SSSR count).